The van der Waals surface area contributed by atoms with Crippen molar-refractivity contribution in [2.75, 3.05) is 6.61 Å². The number of aliphatic hydroxyl groups excluding tert-OH is 2. The number of carbonyl (C=O) groups excluding carboxylic acids is 2. The molecule has 1 aliphatic heterocycles. The molecule has 2 saturated carbocycles. The molecule has 0 bridgehead atoms. The van der Waals surface area contributed by atoms with Crippen LogP contribution in [0, 0.1) is 17.8 Å². The Labute approximate surface area is 229 Å². The molecule has 9 heteroatoms. The molecule has 9 nitrogen and oxygen atoms in total. The number of carbonyl (C=O) groups is 2. The molecular weight excluding hydrogens is 504 g/mol. The summed E-state index contributed by atoms with van der Waals surface area (Å²) in [5, 5.41) is 57.7. The molecule has 4 aliphatic rings. The number of hydrogen-bond donors (Lipinski definition) is 5. The van der Waals surface area contributed by atoms with Crippen LogP contribution in [-0.4, -0.2) is 84.6 Å². The van der Waals surface area contributed by atoms with Crippen LogP contribution in [0.3, 0.4) is 0 Å². The van der Waals surface area contributed by atoms with Gasteiger partial charge in [0, 0.05) is 12.0 Å². The predicted molar refractivity (Wildman–Crippen MR) is 142 cm³/mol. The average molecular weight is 547 g/mol. The Balaban J connectivity index is 1.76. The van der Waals surface area contributed by atoms with Gasteiger partial charge in [0.15, 0.2) is 11.4 Å². The van der Waals surface area contributed by atoms with Crippen molar-refractivity contribution >= 4 is 11.8 Å². The first-order valence-electron chi connectivity index (χ1n) is 13.8. The van der Waals surface area contributed by atoms with Crippen molar-refractivity contribution in [1.29, 1.82) is 0 Å². The maximum atomic E-state index is 13.2. The number of hydrogen-bond acceptors (Lipinski definition) is 9. The molecule has 0 radical (unpaired) electrons. The van der Waals surface area contributed by atoms with E-state index in [-0.39, 0.29) is 12.0 Å². The quantitative estimate of drug-likeness (QED) is 0.0725. The minimum absolute atomic E-state index is 0.100. The number of aliphatic hydroxyl groups is 5. The highest BCUT2D eigenvalue weighted by atomic mass is 16.6. The summed E-state index contributed by atoms with van der Waals surface area (Å²) in [6.45, 7) is 10.0. The molecule has 0 spiro atoms. The van der Waals surface area contributed by atoms with Crippen LogP contribution in [-0.2, 0) is 19.1 Å². The van der Waals surface area contributed by atoms with Crippen LogP contribution in [0.5, 0.6) is 0 Å². The Morgan fingerprint density at radius 3 is 2.56 bits per heavy atom. The molecule has 216 valence electrons. The first-order valence-corrected chi connectivity index (χ1v) is 13.8. The number of rotatable bonds is 9. The van der Waals surface area contributed by atoms with Gasteiger partial charge in [0.25, 0.3) is 0 Å². The van der Waals surface area contributed by atoms with Crippen LogP contribution in [0.2, 0.25) is 0 Å². The molecule has 1 heterocycles. The lowest BCUT2D eigenvalue weighted by molar-refractivity contribution is -0.252. The van der Waals surface area contributed by atoms with E-state index >= 15 is 0 Å². The topological polar surface area (TPSA) is 157 Å². The summed E-state index contributed by atoms with van der Waals surface area (Å²) in [7, 11) is 0. The van der Waals surface area contributed by atoms with Crippen LogP contribution < -0.4 is 0 Å². The van der Waals surface area contributed by atoms with E-state index < -0.39 is 76.8 Å². The molecule has 0 aromatic rings. The average Bonchev–Trinajstić information content (AvgIpc) is 3.57. The normalized spacial score (nSPS) is 44.9. The van der Waals surface area contributed by atoms with Crippen LogP contribution in [0.15, 0.2) is 48.1 Å². The number of fused-ring (bicyclic) bond motifs is 5. The largest absolute Gasteiger partial charge is 0.455 e. The Hall–Kier alpha value is -2.14. The monoisotopic (exact) mass is 546 g/mol. The molecule has 0 amide bonds. The number of ketones is 1. The van der Waals surface area contributed by atoms with Gasteiger partial charge in [-0.15, -0.1) is 0 Å². The Morgan fingerprint density at radius 2 is 1.95 bits per heavy atom. The van der Waals surface area contributed by atoms with Gasteiger partial charge >= 0.3 is 5.97 Å². The van der Waals surface area contributed by atoms with E-state index in [1.54, 1.807) is 19.9 Å². The summed E-state index contributed by atoms with van der Waals surface area (Å²) < 4.78 is 11.7. The number of esters is 1. The van der Waals surface area contributed by atoms with E-state index in [0.717, 1.165) is 25.7 Å². The van der Waals surface area contributed by atoms with E-state index in [1.165, 1.54) is 25.2 Å². The Morgan fingerprint density at radius 1 is 1.26 bits per heavy atom. The number of allylic oxidation sites excluding steroid dienone is 3. The van der Waals surface area contributed by atoms with Crippen LogP contribution in [0.25, 0.3) is 0 Å². The molecule has 39 heavy (non-hydrogen) atoms. The zero-order valence-corrected chi connectivity index (χ0v) is 23.2. The molecule has 1 saturated heterocycles. The molecule has 0 unspecified atom stereocenters. The van der Waals surface area contributed by atoms with Gasteiger partial charge in [0.05, 0.1) is 18.1 Å². The van der Waals surface area contributed by atoms with Gasteiger partial charge in [-0.3, -0.25) is 4.79 Å². The van der Waals surface area contributed by atoms with Crippen LogP contribution >= 0.6 is 0 Å². The molecule has 0 aromatic carbocycles. The van der Waals surface area contributed by atoms with Crippen LogP contribution in [0.4, 0.5) is 0 Å². The van der Waals surface area contributed by atoms with Crippen molar-refractivity contribution in [2.24, 2.45) is 17.8 Å². The minimum atomic E-state index is -2.48. The zero-order chi connectivity index (χ0) is 29.0. The summed E-state index contributed by atoms with van der Waals surface area (Å²) >= 11 is 0. The first-order chi connectivity index (χ1) is 18.3. The number of epoxide rings is 1. The fourth-order valence-electron chi connectivity index (χ4n) is 7.18. The lowest BCUT2D eigenvalue weighted by atomic mass is 9.54. The summed E-state index contributed by atoms with van der Waals surface area (Å²) in [4.78, 5) is 26.2. The van der Waals surface area contributed by atoms with Crippen LogP contribution in [0.1, 0.15) is 59.8 Å². The predicted octanol–water partition coefficient (Wildman–Crippen LogP) is 1.67. The third-order valence-electron chi connectivity index (χ3n) is 9.51. The van der Waals surface area contributed by atoms with Crippen molar-refractivity contribution in [3.63, 3.8) is 0 Å². The zero-order valence-electron chi connectivity index (χ0n) is 23.2. The highest BCUT2D eigenvalue weighted by Crippen LogP contribution is 2.65. The number of unbranched alkanes of at least 4 members (excludes halogenated alkanes) is 3. The summed E-state index contributed by atoms with van der Waals surface area (Å²) in [6.07, 6.45) is 7.47. The van der Waals surface area contributed by atoms with Gasteiger partial charge in [-0.2, -0.15) is 0 Å². The van der Waals surface area contributed by atoms with E-state index in [1.807, 2.05) is 6.08 Å². The molecule has 4 rings (SSSR count). The minimum Gasteiger partial charge on any atom is -0.455 e. The SMILES string of the molecule is C=C(C)[C@]1(O)C[C@@H](C)[C@@]2(O)[C@H]([C@H]1OC(=O)/C=C/C=C/CCCCC)[C@@H]1O[C@]1(CO)[C@@H](O)[C@]1(O)C(=O)C(C)=C[C@H]12. The first kappa shape index (κ1) is 29.8. The van der Waals surface area contributed by atoms with Crippen molar-refractivity contribution in [3.8, 4) is 0 Å². The molecule has 3 fully saturated rings. The highest BCUT2D eigenvalue weighted by Gasteiger charge is 2.83. The van der Waals surface area contributed by atoms with Crippen molar-refractivity contribution in [2.45, 2.75) is 101 Å². The van der Waals surface area contributed by atoms with E-state index in [4.69, 9.17) is 9.47 Å². The van der Waals surface area contributed by atoms with E-state index in [9.17, 15) is 35.1 Å². The molecular formula is C30H42O9. The van der Waals surface area contributed by atoms with Crippen molar-refractivity contribution < 1.29 is 44.6 Å². The van der Waals surface area contributed by atoms with Gasteiger partial charge in [-0.25, -0.2) is 4.79 Å². The number of ether oxygens (including phenoxy) is 2. The number of Topliss-reactive ketones (excluding diaryl/α,β-unsaturated/α-hetero) is 1. The van der Waals surface area contributed by atoms with Crippen molar-refractivity contribution in [1.82, 2.24) is 0 Å². The fraction of sp³-hybridized carbons (Fsp3) is 0.667. The second-order valence-corrected chi connectivity index (χ2v) is 11.9. The molecule has 5 N–H and O–H groups in total. The van der Waals surface area contributed by atoms with Crippen molar-refractivity contribution in [3.05, 3.63) is 48.1 Å². The lowest BCUT2D eigenvalue weighted by Gasteiger charge is -2.57. The second kappa shape index (κ2) is 10.4. The third-order valence-corrected chi connectivity index (χ3v) is 9.51. The standard InChI is InChI=1S/C30H42O9/c1-6-7-8-9-10-11-12-13-21(32)38-24-22-25-28(16-31,39-25)26(34)30(37)20(14-18(4)23(30)33)29(22,36)19(5)15-27(24,35)17(2)3/h10-14,19-20,22,24-26,31,34-37H,2,6-9,15-16H2,1,3-5H3/b11-10+,13-12+/t19-,20+,22-,24-,25+,26-,27-,28+,29+,30-/m1/s1. The smallest absolute Gasteiger partial charge is 0.331 e. The third kappa shape index (κ3) is 4.29. The van der Waals surface area contributed by atoms with E-state index in [2.05, 4.69) is 13.5 Å². The summed E-state index contributed by atoms with van der Waals surface area (Å²) in [6, 6.07) is 0. The van der Waals surface area contributed by atoms with Gasteiger partial charge in [0.1, 0.15) is 29.5 Å². The maximum Gasteiger partial charge on any atom is 0.331 e. The maximum absolute atomic E-state index is 13.2. The highest BCUT2D eigenvalue weighted by molar-refractivity contribution is 6.05. The Bertz CT molecular complexity index is 1110. The lowest BCUT2D eigenvalue weighted by Crippen LogP contribution is -2.71. The van der Waals surface area contributed by atoms with Gasteiger partial charge in [0.2, 0.25) is 0 Å². The second-order valence-electron chi connectivity index (χ2n) is 11.9. The van der Waals surface area contributed by atoms with Gasteiger partial charge in [-0.1, -0.05) is 57.6 Å². The fourth-order valence-corrected chi connectivity index (χ4v) is 7.18. The molecule has 0 aromatic heterocycles. The van der Waals surface area contributed by atoms with Gasteiger partial charge in [-0.05, 0) is 50.2 Å². The summed E-state index contributed by atoms with van der Waals surface area (Å²) in [5.74, 6) is -4.84. The van der Waals surface area contributed by atoms with Gasteiger partial charge < -0.3 is 35.0 Å². The molecule has 10 atom stereocenters. The van der Waals surface area contributed by atoms with E-state index in [0.29, 0.717) is 5.57 Å². The molecule has 3 aliphatic carbocycles. The summed E-state index contributed by atoms with van der Waals surface area (Å²) in [5.41, 5.74) is -7.59. The Kier molecular flexibility index (Phi) is 7.92.